The molecule has 1 saturated heterocycles. The Kier molecular flexibility index (Phi) is 4.14. The van der Waals surface area contributed by atoms with Crippen LogP contribution in [0.25, 0.3) is 33.8 Å². The molecule has 0 aliphatic carbocycles. The van der Waals surface area contributed by atoms with Gasteiger partial charge in [-0.25, -0.2) is 9.97 Å². The number of fused-ring (bicyclic) bond motifs is 1. The summed E-state index contributed by atoms with van der Waals surface area (Å²) in [6, 6.07) is 14.0. The van der Waals surface area contributed by atoms with Gasteiger partial charge >= 0.3 is 0 Å². The maximum atomic E-state index is 6.11. The van der Waals surface area contributed by atoms with Gasteiger partial charge in [0.15, 0.2) is 11.2 Å². The van der Waals surface area contributed by atoms with Crippen LogP contribution in [0.15, 0.2) is 59.3 Å². The molecule has 1 aliphatic rings. The molecule has 0 saturated carbocycles. The van der Waals surface area contributed by atoms with Gasteiger partial charge in [-0.15, -0.1) is 0 Å². The van der Waals surface area contributed by atoms with E-state index in [0.29, 0.717) is 28.5 Å². The number of oxazole rings is 1. The van der Waals surface area contributed by atoms with Gasteiger partial charge in [-0.1, -0.05) is 12.1 Å². The third kappa shape index (κ3) is 3.05. The van der Waals surface area contributed by atoms with Crippen molar-refractivity contribution in [1.29, 1.82) is 0 Å². The number of aromatic nitrogens is 3. The molecular weight excluding hydrogens is 354 g/mol. The highest BCUT2D eigenvalue weighted by Crippen LogP contribution is 2.32. The highest BCUT2D eigenvalue weighted by molar-refractivity contribution is 5.80. The lowest BCUT2D eigenvalue weighted by Gasteiger charge is -2.29. The van der Waals surface area contributed by atoms with Gasteiger partial charge in [-0.05, 0) is 35.9 Å². The van der Waals surface area contributed by atoms with Crippen LogP contribution in [0, 0.1) is 0 Å². The van der Waals surface area contributed by atoms with Crippen molar-refractivity contribution in [1.82, 2.24) is 15.0 Å². The third-order valence-corrected chi connectivity index (χ3v) is 4.87. The van der Waals surface area contributed by atoms with Crippen molar-refractivity contribution in [3.8, 4) is 22.6 Å². The largest absolute Gasteiger partial charge is 0.434 e. The van der Waals surface area contributed by atoms with Gasteiger partial charge in [0.25, 0.3) is 0 Å². The number of benzene rings is 1. The van der Waals surface area contributed by atoms with Crippen molar-refractivity contribution in [2.24, 2.45) is 0 Å². The topological polar surface area (TPSA) is 90.3 Å². The minimum Gasteiger partial charge on any atom is -0.434 e. The number of anilines is 2. The highest BCUT2D eigenvalue weighted by atomic mass is 16.5. The summed E-state index contributed by atoms with van der Waals surface area (Å²) >= 11 is 0. The lowest BCUT2D eigenvalue weighted by molar-refractivity contribution is 0.122. The summed E-state index contributed by atoms with van der Waals surface area (Å²) in [5, 5.41) is 0. The molecule has 3 aromatic heterocycles. The maximum Gasteiger partial charge on any atom is 0.232 e. The average Bonchev–Trinajstić information content (AvgIpc) is 3.19. The quantitative estimate of drug-likeness (QED) is 0.589. The van der Waals surface area contributed by atoms with Gasteiger partial charge in [0.05, 0.1) is 18.8 Å². The van der Waals surface area contributed by atoms with Crippen molar-refractivity contribution in [2.75, 3.05) is 36.9 Å². The fourth-order valence-corrected chi connectivity index (χ4v) is 3.39. The van der Waals surface area contributed by atoms with Crippen LogP contribution < -0.4 is 10.6 Å². The number of pyridine rings is 2. The normalized spacial score (nSPS) is 14.5. The van der Waals surface area contributed by atoms with Gasteiger partial charge in [0, 0.05) is 36.7 Å². The number of hydrogen-bond donors (Lipinski definition) is 1. The first-order valence-electron chi connectivity index (χ1n) is 9.18. The zero-order valence-corrected chi connectivity index (χ0v) is 15.2. The van der Waals surface area contributed by atoms with Gasteiger partial charge in [0.2, 0.25) is 5.89 Å². The number of ether oxygens (including phenoxy) is 1. The molecule has 1 aliphatic heterocycles. The molecule has 0 unspecified atom stereocenters. The molecule has 140 valence electrons. The van der Waals surface area contributed by atoms with Crippen molar-refractivity contribution in [3.05, 3.63) is 54.9 Å². The zero-order valence-electron chi connectivity index (χ0n) is 15.2. The van der Waals surface area contributed by atoms with Crippen LogP contribution >= 0.6 is 0 Å². The van der Waals surface area contributed by atoms with E-state index >= 15 is 0 Å². The Morgan fingerprint density at radius 3 is 2.71 bits per heavy atom. The molecular formula is C21H19N5O2. The molecule has 0 amide bonds. The molecule has 5 rings (SSSR count). The molecule has 1 fully saturated rings. The molecule has 1 aromatic carbocycles. The van der Waals surface area contributed by atoms with Crippen LogP contribution in [-0.2, 0) is 4.74 Å². The maximum absolute atomic E-state index is 6.11. The lowest BCUT2D eigenvalue weighted by Crippen LogP contribution is -2.36. The molecule has 0 radical (unpaired) electrons. The van der Waals surface area contributed by atoms with E-state index in [2.05, 4.69) is 44.1 Å². The van der Waals surface area contributed by atoms with Crippen LogP contribution in [0.1, 0.15) is 0 Å². The van der Waals surface area contributed by atoms with Crippen LogP contribution in [0.2, 0.25) is 0 Å². The van der Waals surface area contributed by atoms with Crippen LogP contribution in [0.4, 0.5) is 11.5 Å². The van der Waals surface area contributed by atoms with E-state index in [4.69, 9.17) is 14.9 Å². The summed E-state index contributed by atoms with van der Waals surface area (Å²) < 4.78 is 11.3. The summed E-state index contributed by atoms with van der Waals surface area (Å²) in [5.41, 5.74) is 11.1. The number of nitrogen functional groups attached to an aromatic ring is 1. The average molecular weight is 373 g/mol. The fourth-order valence-electron chi connectivity index (χ4n) is 3.39. The van der Waals surface area contributed by atoms with E-state index in [1.165, 1.54) is 5.69 Å². The Labute approximate surface area is 161 Å². The standard InChI is InChI=1S/C21H19N5O2/c22-19-17(21-25-20-18(28-21)5-2-6-23-20)12-15(13-24-19)14-3-1-4-16(11-14)26-7-9-27-10-8-26/h1-6,11-13H,7-10H2,(H2,22,24). The Morgan fingerprint density at radius 1 is 0.964 bits per heavy atom. The first-order valence-corrected chi connectivity index (χ1v) is 9.18. The Bertz CT molecular complexity index is 1100. The smallest absolute Gasteiger partial charge is 0.232 e. The van der Waals surface area contributed by atoms with E-state index in [1.54, 1.807) is 12.4 Å². The molecule has 0 atom stereocenters. The van der Waals surface area contributed by atoms with Crippen LogP contribution in [0.5, 0.6) is 0 Å². The fraction of sp³-hybridized carbons (Fsp3) is 0.190. The minimum absolute atomic E-state index is 0.375. The SMILES string of the molecule is Nc1ncc(-c2cccc(N3CCOCC3)c2)cc1-c1nc2ncccc2o1. The summed E-state index contributed by atoms with van der Waals surface area (Å²) in [6.07, 6.45) is 3.46. The number of hydrogen-bond acceptors (Lipinski definition) is 7. The van der Waals surface area contributed by atoms with Crippen molar-refractivity contribution in [2.45, 2.75) is 0 Å². The summed E-state index contributed by atoms with van der Waals surface area (Å²) in [7, 11) is 0. The highest BCUT2D eigenvalue weighted by Gasteiger charge is 2.15. The van der Waals surface area contributed by atoms with E-state index in [0.717, 1.165) is 37.4 Å². The molecule has 28 heavy (non-hydrogen) atoms. The zero-order chi connectivity index (χ0) is 18.9. The monoisotopic (exact) mass is 373 g/mol. The number of nitrogens with two attached hydrogens (primary N) is 1. The Morgan fingerprint density at radius 2 is 1.86 bits per heavy atom. The van der Waals surface area contributed by atoms with Gasteiger partial charge in [-0.3, -0.25) is 0 Å². The molecule has 7 heteroatoms. The number of nitrogens with zero attached hydrogens (tertiary/aromatic N) is 4. The van der Waals surface area contributed by atoms with E-state index in [1.807, 2.05) is 18.2 Å². The second-order valence-electron chi connectivity index (χ2n) is 6.65. The predicted molar refractivity (Wildman–Crippen MR) is 108 cm³/mol. The van der Waals surface area contributed by atoms with Crippen molar-refractivity contribution < 1.29 is 9.15 Å². The predicted octanol–water partition coefficient (Wildman–Crippen LogP) is 3.37. The minimum atomic E-state index is 0.375. The van der Waals surface area contributed by atoms with E-state index < -0.39 is 0 Å². The second kappa shape index (κ2) is 6.94. The molecule has 0 spiro atoms. The van der Waals surface area contributed by atoms with Crippen LogP contribution in [0.3, 0.4) is 0 Å². The van der Waals surface area contributed by atoms with Gasteiger partial charge in [-0.2, -0.15) is 4.98 Å². The summed E-state index contributed by atoms with van der Waals surface area (Å²) in [6.45, 7) is 3.29. The first kappa shape index (κ1) is 16.7. The molecule has 4 heterocycles. The second-order valence-corrected chi connectivity index (χ2v) is 6.65. The molecule has 7 nitrogen and oxygen atoms in total. The molecule has 2 N–H and O–H groups in total. The third-order valence-electron chi connectivity index (χ3n) is 4.87. The Hall–Kier alpha value is -3.45. The van der Waals surface area contributed by atoms with E-state index in [9.17, 15) is 0 Å². The van der Waals surface area contributed by atoms with Crippen molar-refractivity contribution in [3.63, 3.8) is 0 Å². The summed E-state index contributed by atoms with van der Waals surface area (Å²) in [4.78, 5) is 15.4. The van der Waals surface area contributed by atoms with Gasteiger partial charge in [0.1, 0.15) is 5.82 Å². The number of morpholine rings is 1. The Balaban J connectivity index is 1.54. The number of rotatable bonds is 3. The van der Waals surface area contributed by atoms with E-state index in [-0.39, 0.29) is 0 Å². The van der Waals surface area contributed by atoms with Crippen molar-refractivity contribution >= 4 is 22.7 Å². The first-order chi connectivity index (χ1) is 13.8. The van der Waals surface area contributed by atoms with Gasteiger partial charge < -0.3 is 19.8 Å². The molecule has 4 aromatic rings. The van der Waals surface area contributed by atoms with Crippen LogP contribution in [-0.4, -0.2) is 41.3 Å². The molecule has 0 bridgehead atoms. The summed E-state index contributed by atoms with van der Waals surface area (Å²) in [5.74, 6) is 0.796. The lowest BCUT2D eigenvalue weighted by atomic mass is 10.0.